The molecule has 0 saturated carbocycles. The average molecular weight is 501 g/mol. The number of benzene rings is 3. The van der Waals surface area contributed by atoms with Gasteiger partial charge in [-0.1, -0.05) is 42.5 Å². The Labute approximate surface area is 202 Å². The molecule has 1 amide bonds. The van der Waals surface area contributed by atoms with E-state index in [0.717, 1.165) is 15.1 Å². The fourth-order valence-electron chi connectivity index (χ4n) is 4.09. The van der Waals surface area contributed by atoms with Gasteiger partial charge in [-0.15, -0.1) is 0 Å². The van der Waals surface area contributed by atoms with Crippen molar-refractivity contribution in [2.75, 3.05) is 6.54 Å². The van der Waals surface area contributed by atoms with Gasteiger partial charge in [-0.05, 0) is 47.0 Å². The van der Waals surface area contributed by atoms with Crippen molar-refractivity contribution >= 4 is 45.3 Å². The van der Waals surface area contributed by atoms with Gasteiger partial charge in [-0.3, -0.25) is 4.79 Å². The Hall–Kier alpha value is -3.08. The van der Waals surface area contributed by atoms with Crippen molar-refractivity contribution in [1.82, 2.24) is 9.62 Å². The monoisotopic (exact) mass is 500 g/mol. The molecule has 8 nitrogen and oxygen atoms in total. The van der Waals surface area contributed by atoms with Gasteiger partial charge in [-0.2, -0.15) is 16.9 Å². The molecule has 3 aromatic rings. The molecule has 0 bridgehead atoms. The molecule has 10 heteroatoms. The van der Waals surface area contributed by atoms with E-state index in [-0.39, 0.29) is 35.3 Å². The molecule has 34 heavy (non-hydrogen) atoms. The molecule has 3 aromatic carbocycles. The summed E-state index contributed by atoms with van der Waals surface area (Å²) in [4.78, 5) is 25.0. The van der Waals surface area contributed by atoms with Crippen LogP contribution in [0.3, 0.4) is 0 Å². The fourth-order valence-corrected chi connectivity index (χ4v) is 6.25. The van der Waals surface area contributed by atoms with E-state index < -0.39 is 34.0 Å². The predicted octanol–water partition coefficient (Wildman–Crippen LogP) is 2.42. The molecule has 178 valence electrons. The molecular formula is C24H24N2O6S2. The summed E-state index contributed by atoms with van der Waals surface area (Å²) < 4.78 is 28.0. The van der Waals surface area contributed by atoms with E-state index in [4.69, 9.17) is 0 Å². The number of amides is 1. The highest BCUT2D eigenvalue weighted by Gasteiger charge is 2.43. The number of thiol groups is 1. The van der Waals surface area contributed by atoms with Crippen LogP contribution in [0, 0.1) is 0 Å². The molecule has 1 unspecified atom stereocenters. The zero-order valence-electron chi connectivity index (χ0n) is 18.0. The number of fused-ring (bicyclic) bond motifs is 1. The third kappa shape index (κ3) is 5.03. The Morgan fingerprint density at radius 2 is 1.74 bits per heavy atom. The molecule has 1 fully saturated rings. The minimum absolute atomic E-state index is 0.0181. The second-order valence-corrected chi connectivity index (χ2v) is 10.9. The summed E-state index contributed by atoms with van der Waals surface area (Å²) in [7, 11) is -4.03. The van der Waals surface area contributed by atoms with Crippen LogP contribution < -0.4 is 5.32 Å². The lowest BCUT2D eigenvalue weighted by Gasteiger charge is -2.25. The first kappa shape index (κ1) is 24.1. The minimum atomic E-state index is -4.03. The second-order valence-electron chi connectivity index (χ2n) is 8.26. The molecule has 1 saturated heterocycles. The third-order valence-electron chi connectivity index (χ3n) is 5.85. The van der Waals surface area contributed by atoms with Gasteiger partial charge in [0.05, 0.1) is 4.90 Å². The minimum Gasteiger partial charge on any atom is -0.508 e. The molecule has 3 N–H and O–H groups in total. The Morgan fingerprint density at radius 3 is 2.41 bits per heavy atom. The molecule has 0 aliphatic carbocycles. The number of phenols is 1. The number of carbonyl (C=O) groups is 2. The summed E-state index contributed by atoms with van der Waals surface area (Å²) in [6.45, 7) is 0.0338. The van der Waals surface area contributed by atoms with Crippen molar-refractivity contribution in [2.24, 2.45) is 0 Å². The van der Waals surface area contributed by atoms with Gasteiger partial charge in [-0.25, -0.2) is 13.2 Å². The van der Waals surface area contributed by atoms with E-state index in [1.807, 2.05) is 24.3 Å². The normalized spacial score (nSPS) is 19.7. The lowest BCUT2D eigenvalue weighted by Crippen LogP contribution is -2.51. The van der Waals surface area contributed by atoms with Gasteiger partial charge in [0.25, 0.3) is 0 Å². The number of sulfonamides is 1. The predicted molar refractivity (Wildman–Crippen MR) is 130 cm³/mol. The van der Waals surface area contributed by atoms with Crippen LogP contribution in [0.25, 0.3) is 10.8 Å². The fraction of sp³-hybridized carbons (Fsp3) is 0.250. The first-order chi connectivity index (χ1) is 16.1. The van der Waals surface area contributed by atoms with E-state index in [1.54, 1.807) is 24.3 Å². The number of carbonyl (C=O) groups excluding carboxylic acids is 1. The maximum Gasteiger partial charge on any atom is 0.326 e. The zero-order chi connectivity index (χ0) is 24.5. The van der Waals surface area contributed by atoms with Crippen LogP contribution in [0.1, 0.15) is 12.0 Å². The van der Waals surface area contributed by atoms with E-state index in [1.165, 1.54) is 18.2 Å². The second kappa shape index (κ2) is 9.65. The van der Waals surface area contributed by atoms with Crippen LogP contribution in [0.2, 0.25) is 0 Å². The van der Waals surface area contributed by atoms with Crippen molar-refractivity contribution < 1.29 is 28.2 Å². The van der Waals surface area contributed by atoms with Crippen LogP contribution >= 0.6 is 12.6 Å². The molecule has 0 spiro atoms. The van der Waals surface area contributed by atoms with E-state index in [9.17, 15) is 28.2 Å². The van der Waals surface area contributed by atoms with Crippen LogP contribution in [-0.2, 0) is 26.0 Å². The first-order valence-electron chi connectivity index (χ1n) is 10.6. The maximum absolute atomic E-state index is 13.5. The summed E-state index contributed by atoms with van der Waals surface area (Å²) in [5.74, 6) is -1.89. The van der Waals surface area contributed by atoms with Crippen LogP contribution in [0.15, 0.2) is 71.6 Å². The number of phenolic OH excluding ortho intramolecular Hbond substituents is 1. The summed E-state index contributed by atoms with van der Waals surface area (Å²) in [5, 5.41) is 22.8. The molecule has 0 radical (unpaired) electrons. The lowest BCUT2D eigenvalue weighted by atomic mass is 10.1. The molecule has 1 heterocycles. The number of nitrogens with zero attached hydrogens (tertiary/aromatic N) is 1. The third-order valence-corrected chi connectivity index (χ3v) is 8.10. The summed E-state index contributed by atoms with van der Waals surface area (Å²) in [6, 6.07) is 15.8. The lowest BCUT2D eigenvalue weighted by molar-refractivity contribution is -0.142. The number of carboxylic acid groups (broad SMARTS) is 1. The quantitative estimate of drug-likeness (QED) is 0.370. The van der Waals surface area contributed by atoms with Crippen LogP contribution in [0.4, 0.5) is 0 Å². The van der Waals surface area contributed by atoms with Gasteiger partial charge >= 0.3 is 5.97 Å². The highest BCUT2D eigenvalue weighted by atomic mass is 32.2. The Balaban J connectivity index is 1.57. The molecule has 0 aromatic heterocycles. The van der Waals surface area contributed by atoms with Crippen molar-refractivity contribution in [2.45, 2.75) is 35.1 Å². The molecule has 4 rings (SSSR count). The van der Waals surface area contributed by atoms with Gasteiger partial charge in [0.2, 0.25) is 15.9 Å². The average Bonchev–Trinajstić information content (AvgIpc) is 3.22. The molecule has 1 aliphatic heterocycles. The number of aliphatic carboxylic acids is 1. The summed E-state index contributed by atoms with van der Waals surface area (Å²) >= 11 is 4.40. The Morgan fingerprint density at radius 1 is 1.06 bits per heavy atom. The molecule has 3 atom stereocenters. The number of nitrogens with one attached hydrogen (secondary N) is 1. The van der Waals surface area contributed by atoms with E-state index in [2.05, 4.69) is 17.9 Å². The number of hydrogen-bond acceptors (Lipinski definition) is 6. The smallest absolute Gasteiger partial charge is 0.326 e. The van der Waals surface area contributed by atoms with Crippen LogP contribution in [-0.4, -0.2) is 58.7 Å². The van der Waals surface area contributed by atoms with Crippen molar-refractivity contribution in [1.29, 1.82) is 0 Å². The van der Waals surface area contributed by atoms with Gasteiger partial charge in [0.1, 0.15) is 17.8 Å². The van der Waals surface area contributed by atoms with Crippen LogP contribution in [0.5, 0.6) is 5.75 Å². The Bertz CT molecular complexity index is 1330. The highest BCUT2D eigenvalue weighted by Crippen LogP contribution is 2.30. The molecular weight excluding hydrogens is 476 g/mol. The van der Waals surface area contributed by atoms with Gasteiger partial charge in [0, 0.05) is 18.2 Å². The largest absolute Gasteiger partial charge is 0.508 e. The standard InChI is InChI=1S/C24H24N2O6S2/c27-18-8-5-15(6-9-18)11-21(24(29)30)25-23(28)22-13-19(33)14-26(22)34(31,32)20-10-7-16-3-1-2-4-17(16)12-20/h1-10,12,19,21-22,27,33H,11,13-14H2,(H,25,28)(H,29,30)/t19-,21?,22-/m0/s1. The van der Waals surface area contributed by atoms with Gasteiger partial charge in [0.15, 0.2) is 0 Å². The number of rotatable bonds is 7. The molecule has 1 aliphatic rings. The van der Waals surface area contributed by atoms with Crippen molar-refractivity contribution in [3.8, 4) is 5.75 Å². The maximum atomic E-state index is 13.5. The number of aromatic hydroxyl groups is 1. The first-order valence-corrected chi connectivity index (χ1v) is 12.6. The topological polar surface area (TPSA) is 124 Å². The van der Waals surface area contributed by atoms with Crippen molar-refractivity contribution in [3.63, 3.8) is 0 Å². The van der Waals surface area contributed by atoms with E-state index >= 15 is 0 Å². The zero-order valence-corrected chi connectivity index (χ0v) is 19.7. The summed E-state index contributed by atoms with van der Waals surface area (Å²) in [5.41, 5.74) is 0.602. The van der Waals surface area contributed by atoms with E-state index in [0.29, 0.717) is 5.56 Å². The number of carboxylic acids is 1. The number of hydrogen-bond donors (Lipinski definition) is 4. The highest BCUT2D eigenvalue weighted by molar-refractivity contribution is 7.89. The van der Waals surface area contributed by atoms with Crippen molar-refractivity contribution in [3.05, 3.63) is 72.3 Å². The SMILES string of the molecule is O=C(O)C(Cc1ccc(O)cc1)NC(=O)[C@@H]1C[C@H](S)CN1S(=O)(=O)c1ccc2ccccc2c1. The Kier molecular flexibility index (Phi) is 6.83. The summed E-state index contributed by atoms with van der Waals surface area (Å²) in [6.07, 6.45) is 0.142. The van der Waals surface area contributed by atoms with Gasteiger partial charge < -0.3 is 15.5 Å².